The Labute approximate surface area is 103 Å². The van der Waals surface area contributed by atoms with Gasteiger partial charge in [-0.25, -0.2) is 8.42 Å². The Morgan fingerprint density at radius 1 is 1.18 bits per heavy atom. The summed E-state index contributed by atoms with van der Waals surface area (Å²) in [5, 5.41) is 2.86. The number of hydrogen-bond acceptors (Lipinski definition) is 3. The number of rotatable bonds is 2. The Kier molecular flexibility index (Phi) is 3.27. The van der Waals surface area contributed by atoms with Gasteiger partial charge in [0.1, 0.15) is 0 Å². The summed E-state index contributed by atoms with van der Waals surface area (Å²) in [6.45, 7) is 7.14. The van der Waals surface area contributed by atoms with E-state index in [0.717, 1.165) is 29.7 Å². The quantitative estimate of drug-likeness (QED) is 0.873. The van der Waals surface area contributed by atoms with Crippen LogP contribution in [0.1, 0.15) is 23.1 Å². The number of hydrogen-bond donors (Lipinski definition) is 1. The summed E-state index contributed by atoms with van der Waals surface area (Å²) in [5.41, 5.74) is 2.85. The molecule has 0 bridgehead atoms. The van der Waals surface area contributed by atoms with E-state index in [9.17, 15) is 8.42 Å². The monoisotopic (exact) mass is 253 g/mol. The first-order valence-corrected chi connectivity index (χ1v) is 7.50. The first kappa shape index (κ1) is 12.6. The van der Waals surface area contributed by atoms with Gasteiger partial charge in [-0.2, -0.15) is 0 Å². The Balaban J connectivity index is 2.53. The second-order valence-corrected chi connectivity index (χ2v) is 7.05. The van der Waals surface area contributed by atoms with E-state index >= 15 is 0 Å². The fourth-order valence-electron chi connectivity index (χ4n) is 2.68. The first-order chi connectivity index (χ1) is 7.93. The molecule has 0 radical (unpaired) electrons. The van der Waals surface area contributed by atoms with Gasteiger partial charge >= 0.3 is 0 Å². The molecule has 1 N–H and O–H groups in total. The van der Waals surface area contributed by atoms with Crippen LogP contribution in [0.3, 0.4) is 0 Å². The van der Waals surface area contributed by atoms with E-state index in [1.54, 1.807) is 0 Å². The van der Waals surface area contributed by atoms with E-state index in [1.165, 1.54) is 0 Å². The van der Waals surface area contributed by atoms with Crippen LogP contribution in [-0.2, 0) is 9.84 Å². The minimum atomic E-state index is -3.18. The van der Waals surface area contributed by atoms with Gasteiger partial charge in [0.25, 0.3) is 0 Å². The molecule has 0 spiro atoms. The largest absolute Gasteiger partial charge is 0.315 e. The van der Waals surface area contributed by atoms with E-state index in [1.807, 2.05) is 32.9 Å². The molecule has 1 fully saturated rings. The molecule has 1 atom stereocenters. The van der Waals surface area contributed by atoms with Crippen LogP contribution in [-0.4, -0.2) is 26.8 Å². The van der Waals surface area contributed by atoms with Crippen molar-refractivity contribution < 1.29 is 8.42 Å². The van der Waals surface area contributed by atoms with Gasteiger partial charge < -0.3 is 5.32 Å². The zero-order chi connectivity index (χ0) is 12.6. The van der Waals surface area contributed by atoms with Gasteiger partial charge in [0, 0.05) is 6.54 Å². The molecule has 0 aromatic heterocycles. The molecule has 1 aromatic carbocycles. The summed E-state index contributed by atoms with van der Waals surface area (Å²) >= 11 is 0. The molecule has 1 aliphatic rings. The normalized spacial score (nSPS) is 20.8. The lowest BCUT2D eigenvalue weighted by atomic mass is 10.1. The highest BCUT2D eigenvalue weighted by Crippen LogP contribution is 2.27. The smallest absolute Gasteiger partial charge is 0.183 e. The standard InChI is InChI=1S/C13H19NO2S/c1-9-6-10(2)13(11(3)7-9)17(15,16)12-4-5-14-8-12/h6-7,12,14H,4-5,8H2,1-3H3. The lowest BCUT2D eigenvalue weighted by Gasteiger charge is -2.16. The van der Waals surface area contributed by atoms with Crippen LogP contribution >= 0.6 is 0 Å². The minimum Gasteiger partial charge on any atom is -0.315 e. The zero-order valence-electron chi connectivity index (χ0n) is 10.6. The highest BCUT2D eigenvalue weighted by molar-refractivity contribution is 7.92. The van der Waals surface area contributed by atoms with Crippen molar-refractivity contribution in [3.63, 3.8) is 0 Å². The van der Waals surface area contributed by atoms with Crippen LogP contribution in [0.25, 0.3) is 0 Å². The highest BCUT2D eigenvalue weighted by atomic mass is 32.2. The maximum Gasteiger partial charge on any atom is 0.183 e. The van der Waals surface area contributed by atoms with E-state index < -0.39 is 9.84 Å². The molecule has 1 heterocycles. The van der Waals surface area contributed by atoms with Crippen molar-refractivity contribution in [2.75, 3.05) is 13.1 Å². The van der Waals surface area contributed by atoms with Crippen LogP contribution in [0.5, 0.6) is 0 Å². The van der Waals surface area contributed by atoms with Crippen molar-refractivity contribution in [2.24, 2.45) is 0 Å². The third-order valence-electron chi connectivity index (χ3n) is 3.34. The van der Waals surface area contributed by atoms with E-state index in [0.29, 0.717) is 11.4 Å². The van der Waals surface area contributed by atoms with Crippen LogP contribution in [0, 0.1) is 20.8 Å². The lowest BCUT2D eigenvalue weighted by molar-refractivity contribution is 0.581. The third kappa shape index (κ3) is 2.24. The summed E-state index contributed by atoms with van der Waals surface area (Å²) in [6, 6.07) is 3.89. The molecule has 3 nitrogen and oxygen atoms in total. The van der Waals surface area contributed by atoms with Crippen LogP contribution in [0.15, 0.2) is 17.0 Å². The molecule has 17 heavy (non-hydrogen) atoms. The summed E-state index contributed by atoms with van der Waals surface area (Å²) in [7, 11) is -3.18. The SMILES string of the molecule is Cc1cc(C)c(S(=O)(=O)C2CCNC2)c(C)c1. The molecule has 1 saturated heterocycles. The molecule has 0 amide bonds. The summed E-state index contributed by atoms with van der Waals surface area (Å²) < 4.78 is 25.1. The van der Waals surface area contributed by atoms with Gasteiger partial charge in [0.15, 0.2) is 9.84 Å². The topological polar surface area (TPSA) is 46.2 Å². The van der Waals surface area contributed by atoms with E-state index in [-0.39, 0.29) is 5.25 Å². The Bertz CT molecular complexity index is 505. The molecule has 94 valence electrons. The van der Waals surface area contributed by atoms with E-state index in [4.69, 9.17) is 0 Å². The maximum atomic E-state index is 12.5. The minimum absolute atomic E-state index is 0.261. The van der Waals surface area contributed by atoms with Crippen molar-refractivity contribution in [3.05, 3.63) is 28.8 Å². The Morgan fingerprint density at radius 3 is 2.24 bits per heavy atom. The Hall–Kier alpha value is -0.870. The molecular weight excluding hydrogens is 234 g/mol. The molecule has 0 aliphatic carbocycles. The second-order valence-electron chi connectivity index (χ2n) is 4.89. The predicted octanol–water partition coefficient (Wildman–Crippen LogP) is 1.75. The molecule has 1 aromatic rings. The van der Waals surface area contributed by atoms with Crippen LogP contribution in [0.2, 0.25) is 0 Å². The summed E-state index contributed by atoms with van der Waals surface area (Å²) in [5.74, 6) is 0. The van der Waals surface area contributed by atoms with Crippen LogP contribution < -0.4 is 5.32 Å². The summed E-state index contributed by atoms with van der Waals surface area (Å²) in [4.78, 5) is 0.539. The fourth-order valence-corrected chi connectivity index (χ4v) is 4.79. The van der Waals surface area contributed by atoms with Gasteiger partial charge in [-0.1, -0.05) is 17.7 Å². The van der Waals surface area contributed by atoms with Gasteiger partial charge in [-0.3, -0.25) is 0 Å². The van der Waals surface area contributed by atoms with Gasteiger partial charge in [-0.05, 0) is 44.9 Å². The third-order valence-corrected chi connectivity index (χ3v) is 5.84. The predicted molar refractivity (Wildman–Crippen MR) is 69.1 cm³/mol. The van der Waals surface area contributed by atoms with Crippen molar-refractivity contribution in [3.8, 4) is 0 Å². The number of sulfone groups is 1. The first-order valence-electron chi connectivity index (χ1n) is 5.95. The molecule has 1 aliphatic heterocycles. The molecule has 0 saturated carbocycles. The second kappa shape index (κ2) is 4.42. The highest BCUT2D eigenvalue weighted by Gasteiger charge is 2.32. The maximum absolute atomic E-state index is 12.5. The number of nitrogens with one attached hydrogen (secondary N) is 1. The average Bonchev–Trinajstić information content (AvgIpc) is 2.67. The number of benzene rings is 1. The fraction of sp³-hybridized carbons (Fsp3) is 0.538. The van der Waals surface area contributed by atoms with Crippen molar-refractivity contribution in [2.45, 2.75) is 37.3 Å². The van der Waals surface area contributed by atoms with Crippen LogP contribution in [0.4, 0.5) is 0 Å². The lowest BCUT2D eigenvalue weighted by Crippen LogP contribution is -2.25. The zero-order valence-corrected chi connectivity index (χ0v) is 11.4. The van der Waals surface area contributed by atoms with Gasteiger partial charge in [-0.15, -0.1) is 0 Å². The molecule has 1 unspecified atom stereocenters. The van der Waals surface area contributed by atoms with E-state index in [2.05, 4.69) is 5.32 Å². The van der Waals surface area contributed by atoms with Gasteiger partial charge in [0.05, 0.1) is 10.1 Å². The van der Waals surface area contributed by atoms with Crippen molar-refractivity contribution >= 4 is 9.84 Å². The molecular formula is C13H19NO2S. The molecule has 2 rings (SSSR count). The Morgan fingerprint density at radius 2 is 1.76 bits per heavy atom. The summed E-state index contributed by atoms with van der Waals surface area (Å²) in [6.07, 6.45) is 0.717. The van der Waals surface area contributed by atoms with Crippen molar-refractivity contribution in [1.29, 1.82) is 0 Å². The molecule has 4 heteroatoms. The average molecular weight is 253 g/mol. The number of aryl methyl sites for hydroxylation is 3. The van der Waals surface area contributed by atoms with Gasteiger partial charge in [0.2, 0.25) is 0 Å². The van der Waals surface area contributed by atoms with Crippen molar-refractivity contribution in [1.82, 2.24) is 5.32 Å².